The van der Waals surface area contributed by atoms with Gasteiger partial charge in [0, 0.05) is 0 Å². The third-order valence-corrected chi connectivity index (χ3v) is 3.95. The van der Waals surface area contributed by atoms with Crippen LogP contribution in [0, 0.1) is 5.92 Å². The smallest absolute Gasteiger partial charge is 0.216 e. The molecule has 0 bridgehead atoms. The van der Waals surface area contributed by atoms with E-state index < -0.39 is 10.0 Å². The number of hydrogen-bond donors (Lipinski definition) is 1. The number of sulfonamides is 1. The first kappa shape index (κ1) is 8.96. The first-order chi connectivity index (χ1) is 5.08. The van der Waals surface area contributed by atoms with E-state index >= 15 is 0 Å². The van der Waals surface area contributed by atoms with Gasteiger partial charge in [-0.3, -0.25) is 0 Å². The highest BCUT2D eigenvalue weighted by Crippen LogP contribution is 2.18. The van der Waals surface area contributed by atoms with Crippen LogP contribution >= 0.6 is 0 Å². The van der Waals surface area contributed by atoms with Crippen molar-refractivity contribution in [3.05, 3.63) is 0 Å². The van der Waals surface area contributed by atoms with Gasteiger partial charge in [-0.05, 0) is 13.0 Å². The Kier molecular flexibility index (Phi) is 2.51. The summed E-state index contributed by atoms with van der Waals surface area (Å²) in [7, 11) is -1.69. The fraction of sp³-hybridized carbons (Fsp3) is 1.00. The van der Waals surface area contributed by atoms with Crippen molar-refractivity contribution >= 4 is 10.0 Å². The van der Waals surface area contributed by atoms with Crippen LogP contribution in [0.2, 0.25) is 0 Å². The number of ether oxygens (including phenoxy) is 1. The molecular weight excluding hydrogens is 166 g/mol. The van der Waals surface area contributed by atoms with Gasteiger partial charge in [0.2, 0.25) is 10.0 Å². The first-order valence-electron chi connectivity index (χ1n) is 3.58. The lowest BCUT2D eigenvalue weighted by atomic mass is 10.2. The normalized spacial score (nSPS) is 32.5. The lowest BCUT2D eigenvalue weighted by molar-refractivity contribution is 0.188. The molecule has 0 aromatic rings. The van der Waals surface area contributed by atoms with Crippen LogP contribution in [0.1, 0.15) is 6.92 Å². The molecular formula is C6H13NO3S. The molecule has 2 atom stereocenters. The van der Waals surface area contributed by atoms with Crippen molar-refractivity contribution in [2.75, 3.05) is 20.3 Å². The third kappa shape index (κ3) is 1.72. The maximum atomic E-state index is 11.2. The van der Waals surface area contributed by atoms with Crippen LogP contribution in [0.4, 0.5) is 0 Å². The molecule has 0 spiro atoms. The maximum absolute atomic E-state index is 11.2. The second kappa shape index (κ2) is 3.08. The second-order valence-electron chi connectivity index (χ2n) is 2.80. The molecule has 1 heterocycles. The van der Waals surface area contributed by atoms with E-state index in [0.717, 1.165) is 0 Å². The van der Waals surface area contributed by atoms with Gasteiger partial charge in [0.05, 0.1) is 13.2 Å². The van der Waals surface area contributed by atoms with Gasteiger partial charge in [-0.25, -0.2) is 13.1 Å². The molecule has 66 valence electrons. The minimum absolute atomic E-state index is 0.104. The Bertz CT molecular complexity index is 224. The van der Waals surface area contributed by atoms with Crippen molar-refractivity contribution in [3.8, 4) is 0 Å². The molecule has 1 aliphatic rings. The predicted octanol–water partition coefficient (Wildman–Crippen LogP) is -0.429. The molecule has 1 rings (SSSR count). The van der Waals surface area contributed by atoms with Gasteiger partial charge in [0.1, 0.15) is 5.25 Å². The van der Waals surface area contributed by atoms with E-state index in [1.165, 1.54) is 7.05 Å². The molecule has 1 fully saturated rings. The summed E-state index contributed by atoms with van der Waals surface area (Å²) in [6, 6.07) is 0. The zero-order valence-corrected chi connectivity index (χ0v) is 7.52. The lowest BCUT2D eigenvalue weighted by Gasteiger charge is -2.12. The topological polar surface area (TPSA) is 55.4 Å². The van der Waals surface area contributed by atoms with E-state index in [1.807, 2.05) is 6.92 Å². The Morgan fingerprint density at radius 2 is 2.09 bits per heavy atom. The third-order valence-electron chi connectivity index (χ3n) is 1.98. The average molecular weight is 179 g/mol. The zero-order valence-electron chi connectivity index (χ0n) is 6.70. The molecule has 4 nitrogen and oxygen atoms in total. The average Bonchev–Trinajstić information content (AvgIpc) is 2.36. The van der Waals surface area contributed by atoms with Crippen molar-refractivity contribution in [3.63, 3.8) is 0 Å². The molecule has 0 amide bonds. The summed E-state index contributed by atoms with van der Waals surface area (Å²) >= 11 is 0. The molecule has 0 aromatic carbocycles. The zero-order chi connectivity index (χ0) is 8.48. The van der Waals surface area contributed by atoms with Crippen molar-refractivity contribution in [2.45, 2.75) is 12.2 Å². The van der Waals surface area contributed by atoms with Gasteiger partial charge in [-0.2, -0.15) is 0 Å². The van der Waals surface area contributed by atoms with Crippen molar-refractivity contribution < 1.29 is 13.2 Å². The molecule has 11 heavy (non-hydrogen) atoms. The van der Waals surface area contributed by atoms with Crippen LogP contribution in [0.3, 0.4) is 0 Å². The highest BCUT2D eigenvalue weighted by molar-refractivity contribution is 7.90. The number of hydrogen-bond acceptors (Lipinski definition) is 3. The fourth-order valence-corrected chi connectivity index (χ4v) is 2.46. The SMILES string of the molecule is CNS(=O)(=O)C1COCC1C. The highest BCUT2D eigenvalue weighted by Gasteiger charge is 2.34. The van der Waals surface area contributed by atoms with Gasteiger partial charge in [-0.1, -0.05) is 6.92 Å². The second-order valence-corrected chi connectivity index (χ2v) is 4.91. The molecule has 1 saturated heterocycles. The van der Waals surface area contributed by atoms with Crippen molar-refractivity contribution in [1.29, 1.82) is 0 Å². The summed E-state index contributed by atoms with van der Waals surface area (Å²) in [6.07, 6.45) is 0. The molecule has 0 saturated carbocycles. The Labute approximate surface area is 67.0 Å². The predicted molar refractivity (Wildman–Crippen MR) is 41.8 cm³/mol. The largest absolute Gasteiger partial charge is 0.380 e. The highest BCUT2D eigenvalue weighted by atomic mass is 32.2. The maximum Gasteiger partial charge on any atom is 0.216 e. The number of nitrogens with one attached hydrogen (secondary N) is 1. The Morgan fingerprint density at radius 3 is 2.45 bits per heavy atom. The summed E-state index contributed by atoms with van der Waals surface area (Å²) in [5.74, 6) is 0.104. The summed E-state index contributed by atoms with van der Waals surface area (Å²) in [5.41, 5.74) is 0. The van der Waals surface area contributed by atoms with Gasteiger partial charge in [-0.15, -0.1) is 0 Å². The quantitative estimate of drug-likeness (QED) is 0.626. The summed E-state index contributed by atoms with van der Waals surface area (Å²) in [4.78, 5) is 0. The minimum atomic E-state index is -3.12. The molecule has 0 aliphatic carbocycles. The van der Waals surface area contributed by atoms with Gasteiger partial charge in [0.15, 0.2) is 0 Å². The van der Waals surface area contributed by atoms with E-state index in [1.54, 1.807) is 0 Å². The molecule has 0 radical (unpaired) electrons. The molecule has 1 aliphatic heterocycles. The van der Waals surface area contributed by atoms with E-state index in [-0.39, 0.29) is 11.2 Å². The van der Waals surface area contributed by atoms with Crippen LogP contribution in [0.15, 0.2) is 0 Å². The molecule has 5 heteroatoms. The summed E-state index contributed by atoms with van der Waals surface area (Å²) in [5, 5.41) is -0.368. The van der Waals surface area contributed by atoms with Gasteiger partial charge < -0.3 is 4.74 Å². The van der Waals surface area contributed by atoms with Crippen LogP contribution in [0.25, 0.3) is 0 Å². The number of rotatable bonds is 2. The van der Waals surface area contributed by atoms with E-state index in [4.69, 9.17) is 4.74 Å². The molecule has 1 N–H and O–H groups in total. The van der Waals surface area contributed by atoms with Gasteiger partial charge in [0.25, 0.3) is 0 Å². The fourth-order valence-electron chi connectivity index (χ4n) is 1.19. The monoisotopic (exact) mass is 179 g/mol. The molecule has 0 aromatic heterocycles. The van der Waals surface area contributed by atoms with Crippen LogP contribution in [-0.4, -0.2) is 33.9 Å². The lowest BCUT2D eigenvalue weighted by Crippen LogP contribution is -2.35. The van der Waals surface area contributed by atoms with Crippen LogP contribution in [0.5, 0.6) is 0 Å². The Morgan fingerprint density at radius 1 is 1.45 bits per heavy atom. The van der Waals surface area contributed by atoms with Gasteiger partial charge >= 0.3 is 0 Å². The Balaban J connectivity index is 2.75. The molecule has 2 unspecified atom stereocenters. The van der Waals surface area contributed by atoms with E-state index in [2.05, 4.69) is 4.72 Å². The van der Waals surface area contributed by atoms with Crippen molar-refractivity contribution in [2.24, 2.45) is 5.92 Å². The summed E-state index contributed by atoms with van der Waals surface area (Å²) < 4.78 is 29.8. The van der Waals surface area contributed by atoms with Crippen molar-refractivity contribution in [1.82, 2.24) is 4.72 Å². The van der Waals surface area contributed by atoms with Crippen LogP contribution < -0.4 is 4.72 Å². The summed E-state index contributed by atoms with van der Waals surface area (Å²) in [6.45, 7) is 2.75. The Hall–Kier alpha value is -0.130. The minimum Gasteiger partial charge on any atom is -0.380 e. The first-order valence-corrected chi connectivity index (χ1v) is 5.12. The van der Waals surface area contributed by atoms with E-state index in [9.17, 15) is 8.42 Å². The van der Waals surface area contributed by atoms with Crippen LogP contribution in [-0.2, 0) is 14.8 Å². The van der Waals surface area contributed by atoms with E-state index in [0.29, 0.717) is 13.2 Å². The standard InChI is InChI=1S/C6H13NO3S/c1-5-3-10-4-6(5)11(8,9)7-2/h5-7H,3-4H2,1-2H3.